The lowest BCUT2D eigenvalue weighted by molar-refractivity contribution is 0.277. The van der Waals surface area contributed by atoms with E-state index in [0.717, 1.165) is 11.1 Å². The van der Waals surface area contributed by atoms with E-state index in [-0.39, 0.29) is 30.4 Å². The molecule has 1 aliphatic heterocycles. The first-order chi connectivity index (χ1) is 17.5. The number of aliphatic hydroxyl groups is 1. The number of ether oxygens (including phenoxy) is 1. The van der Waals surface area contributed by atoms with E-state index in [9.17, 15) is 20.0 Å². The van der Waals surface area contributed by atoms with Crippen molar-refractivity contribution in [3.05, 3.63) is 98.2 Å². The highest BCUT2D eigenvalue weighted by atomic mass is 16.5. The van der Waals surface area contributed by atoms with Gasteiger partial charge in [-0.25, -0.2) is 4.79 Å². The number of nitriles is 1. The van der Waals surface area contributed by atoms with Gasteiger partial charge in [-0.1, -0.05) is 49.1 Å². The van der Waals surface area contributed by atoms with Gasteiger partial charge in [0, 0.05) is 25.6 Å². The first-order valence-electron chi connectivity index (χ1n) is 11.9. The van der Waals surface area contributed by atoms with Crippen molar-refractivity contribution in [1.82, 2.24) is 9.13 Å². The van der Waals surface area contributed by atoms with E-state index in [1.165, 1.54) is 9.13 Å². The van der Waals surface area contributed by atoms with Crippen molar-refractivity contribution in [1.29, 1.82) is 5.26 Å². The van der Waals surface area contributed by atoms with Gasteiger partial charge in [-0.3, -0.25) is 13.9 Å². The number of nitrogens with zero attached hydrogens (tertiary/aromatic N) is 4. The number of aliphatic imine (C=N–C) groups is 1. The Morgan fingerprint density at radius 3 is 2.61 bits per heavy atom. The Kier molecular flexibility index (Phi) is 7.62. The summed E-state index contributed by atoms with van der Waals surface area (Å²) in [6.45, 7) is 5.95. The molecule has 2 heterocycles. The Morgan fingerprint density at radius 2 is 1.94 bits per heavy atom. The van der Waals surface area contributed by atoms with Gasteiger partial charge in [0.1, 0.15) is 17.6 Å². The highest BCUT2D eigenvalue weighted by Crippen LogP contribution is 2.30. The van der Waals surface area contributed by atoms with Crippen molar-refractivity contribution in [3.8, 4) is 11.8 Å². The molecule has 0 fully saturated rings. The standard InChI is InChI=1S/C28H28N4O4/c1-3-19-10-12-20(13-11-19)16-22-17-23-25(30-26(22)36-24-9-6-5-8-21(24)18-29)31(4-2)28(35)32(27(23)34)14-7-15-33/h3,5-6,8-13,22,33H,1,4,7,14-17H2,2H3. The summed E-state index contributed by atoms with van der Waals surface area (Å²) in [6.07, 6.45) is 2.95. The Bertz CT molecular complexity index is 1460. The molecular formula is C28H28N4O4. The summed E-state index contributed by atoms with van der Waals surface area (Å²) in [6, 6.07) is 17.0. The third kappa shape index (κ3) is 4.92. The smallest absolute Gasteiger partial charge is 0.332 e. The van der Waals surface area contributed by atoms with Gasteiger partial charge < -0.3 is 9.84 Å². The van der Waals surface area contributed by atoms with Crippen molar-refractivity contribution in [2.45, 2.75) is 39.3 Å². The third-order valence-electron chi connectivity index (χ3n) is 6.28. The second kappa shape index (κ2) is 11.0. The maximum Gasteiger partial charge on any atom is 0.332 e. The van der Waals surface area contributed by atoms with Crippen LogP contribution in [0, 0.1) is 17.2 Å². The fourth-order valence-corrected chi connectivity index (χ4v) is 4.39. The molecule has 3 aromatic rings. The SMILES string of the molecule is C=Cc1ccc(CC2Cc3c(n(CC)c(=O)n(CCCO)c3=O)N=C2Oc2ccccc2C#N)cc1. The largest absolute Gasteiger partial charge is 0.441 e. The van der Waals surface area contributed by atoms with Crippen LogP contribution < -0.4 is 16.0 Å². The Hall–Kier alpha value is -4.22. The molecule has 4 rings (SSSR count). The molecule has 1 aliphatic rings. The molecule has 8 nitrogen and oxygen atoms in total. The van der Waals surface area contributed by atoms with Gasteiger partial charge in [-0.2, -0.15) is 10.3 Å². The van der Waals surface area contributed by atoms with E-state index >= 15 is 0 Å². The van der Waals surface area contributed by atoms with Crippen LogP contribution in [-0.4, -0.2) is 26.7 Å². The normalized spacial score (nSPS) is 14.5. The van der Waals surface area contributed by atoms with Gasteiger partial charge in [0.25, 0.3) is 5.56 Å². The van der Waals surface area contributed by atoms with Gasteiger partial charge in [0.15, 0.2) is 0 Å². The molecule has 0 aliphatic carbocycles. The Morgan fingerprint density at radius 1 is 1.19 bits per heavy atom. The number of hydrogen-bond donors (Lipinski definition) is 1. The summed E-state index contributed by atoms with van der Waals surface area (Å²) in [7, 11) is 0. The zero-order chi connectivity index (χ0) is 25.7. The lowest BCUT2D eigenvalue weighted by Gasteiger charge is -2.27. The van der Waals surface area contributed by atoms with Gasteiger partial charge in [0.2, 0.25) is 5.90 Å². The van der Waals surface area contributed by atoms with Crippen LogP contribution in [0.2, 0.25) is 0 Å². The maximum absolute atomic E-state index is 13.4. The second-order valence-corrected chi connectivity index (χ2v) is 8.57. The topological polar surface area (TPSA) is 110 Å². The summed E-state index contributed by atoms with van der Waals surface area (Å²) in [4.78, 5) is 31.1. The van der Waals surface area contributed by atoms with Crippen LogP contribution in [0.5, 0.6) is 5.75 Å². The molecule has 1 N–H and O–H groups in total. The van der Waals surface area contributed by atoms with Crippen LogP contribution >= 0.6 is 0 Å². The molecule has 1 aromatic heterocycles. The fraction of sp³-hybridized carbons (Fsp3) is 0.286. The van der Waals surface area contributed by atoms with Gasteiger partial charge in [0.05, 0.1) is 11.1 Å². The second-order valence-electron chi connectivity index (χ2n) is 8.57. The molecule has 0 spiro atoms. The van der Waals surface area contributed by atoms with Crippen molar-refractivity contribution in [2.24, 2.45) is 10.9 Å². The van der Waals surface area contributed by atoms with Crippen LogP contribution in [0.15, 0.2) is 69.7 Å². The van der Waals surface area contributed by atoms with Crippen LogP contribution in [0.1, 0.15) is 35.6 Å². The summed E-state index contributed by atoms with van der Waals surface area (Å²) in [5.41, 5.74) is 1.99. The zero-order valence-electron chi connectivity index (χ0n) is 20.2. The van der Waals surface area contributed by atoms with E-state index in [1.807, 2.05) is 31.2 Å². The summed E-state index contributed by atoms with van der Waals surface area (Å²) in [5, 5.41) is 18.8. The van der Waals surface area contributed by atoms with E-state index in [2.05, 4.69) is 12.6 Å². The summed E-state index contributed by atoms with van der Waals surface area (Å²) >= 11 is 0. The number of para-hydroxylation sites is 1. The molecule has 0 amide bonds. The van der Waals surface area contributed by atoms with Gasteiger partial charge in [-0.05, 0) is 49.4 Å². The number of rotatable bonds is 8. The Labute approximate surface area is 209 Å². The molecule has 36 heavy (non-hydrogen) atoms. The predicted octanol–water partition coefficient (Wildman–Crippen LogP) is 3.45. The lowest BCUT2D eigenvalue weighted by Crippen LogP contribution is -2.44. The molecule has 184 valence electrons. The minimum atomic E-state index is -0.464. The molecule has 8 heteroatoms. The monoisotopic (exact) mass is 484 g/mol. The molecule has 0 radical (unpaired) electrons. The summed E-state index contributed by atoms with van der Waals surface area (Å²) < 4.78 is 8.83. The predicted molar refractivity (Wildman–Crippen MR) is 139 cm³/mol. The number of fused-ring (bicyclic) bond motifs is 1. The van der Waals surface area contributed by atoms with Crippen molar-refractivity contribution in [2.75, 3.05) is 6.61 Å². The van der Waals surface area contributed by atoms with Crippen LogP contribution in [0.25, 0.3) is 6.08 Å². The number of benzene rings is 2. The average Bonchev–Trinajstić information content (AvgIpc) is 2.90. The number of hydrogen-bond acceptors (Lipinski definition) is 6. The highest BCUT2D eigenvalue weighted by molar-refractivity contribution is 5.86. The van der Waals surface area contributed by atoms with E-state index in [4.69, 9.17) is 9.73 Å². The maximum atomic E-state index is 13.4. The molecular weight excluding hydrogens is 456 g/mol. The number of aliphatic hydroxyl groups excluding tert-OH is 1. The molecule has 0 saturated heterocycles. The molecule has 2 aromatic carbocycles. The zero-order valence-corrected chi connectivity index (χ0v) is 20.2. The lowest BCUT2D eigenvalue weighted by atomic mass is 9.90. The average molecular weight is 485 g/mol. The quantitative estimate of drug-likeness (QED) is 0.527. The minimum absolute atomic E-state index is 0.118. The van der Waals surface area contributed by atoms with Crippen molar-refractivity contribution >= 4 is 17.8 Å². The van der Waals surface area contributed by atoms with Crippen LogP contribution in [0.3, 0.4) is 0 Å². The van der Waals surface area contributed by atoms with E-state index in [0.29, 0.717) is 48.6 Å². The van der Waals surface area contributed by atoms with Crippen molar-refractivity contribution < 1.29 is 9.84 Å². The fourth-order valence-electron chi connectivity index (χ4n) is 4.39. The van der Waals surface area contributed by atoms with Gasteiger partial charge in [-0.15, -0.1) is 0 Å². The molecule has 0 saturated carbocycles. The molecule has 0 bridgehead atoms. The van der Waals surface area contributed by atoms with Gasteiger partial charge >= 0.3 is 5.69 Å². The van der Waals surface area contributed by atoms with Crippen LogP contribution in [-0.2, 0) is 25.9 Å². The third-order valence-corrected chi connectivity index (χ3v) is 6.28. The van der Waals surface area contributed by atoms with E-state index in [1.54, 1.807) is 30.3 Å². The first-order valence-corrected chi connectivity index (χ1v) is 11.9. The molecule has 1 unspecified atom stereocenters. The number of aromatic nitrogens is 2. The minimum Gasteiger partial charge on any atom is -0.441 e. The summed E-state index contributed by atoms with van der Waals surface area (Å²) in [5.74, 6) is 0.721. The van der Waals surface area contributed by atoms with Crippen molar-refractivity contribution in [3.63, 3.8) is 0 Å². The Balaban J connectivity index is 1.84. The van der Waals surface area contributed by atoms with Crippen LogP contribution in [0.4, 0.5) is 5.82 Å². The molecule has 1 atom stereocenters. The highest BCUT2D eigenvalue weighted by Gasteiger charge is 2.31. The first kappa shape index (κ1) is 24.9. The van der Waals surface area contributed by atoms with E-state index < -0.39 is 5.69 Å².